The summed E-state index contributed by atoms with van der Waals surface area (Å²) < 4.78 is 10.6. The van der Waals surface area contributed by atoms with Gasteiger partial charge in [-0.3, -0.25) is 4.79 Å². The smallest absolute Gasteiger partial charge is 0.329 e. The molecule has 0 spiro atoms. The molecular formula is C12H15NO4S. The topological polar surface area (TPSA) is 56.8 Å². The molecule has 0 radical (unpaired) electrons. The van der Waals surface area contributed by atoms with E-state index in [0.29, 0.717) is 28.7 Å². The first-order chi connectivity index (χ1) is 8.58. The van der Waals surface area contributed by atoms with Crippen molar-refractivity contribution in [2.24, 2.45) is 0 Å². The number of ether oxygens (including phenoxy) is 2. The fourth-order valence-corrected chi connectivity index (χ4v) is 1.43. The largest absolute Gasteiger partial charge is 0.493 e. The average Bonchev–Trinajstić information content (AvgIpc) is 2.36. The second-order valence-electron chi connectivity index (χ2n) is 3.32. The average molecular weight is 269 g/mol. The minimum atomic E-state index is -0.462. The third-order valence-corrected chi connectivity index (χ3v) is 2.33. The minimum Gasteiger partial charge on any atom is -0.493 e. The van der Waals surface area contributed by atoms with Crippen LogP contribution in [0.1, 0.15) is 19.4 Å². The van der Waals surface area contributed by atoms with E-state index in [4.69, 9.17) is 21.7 Å². The second kappa shape index (κ2) is 6.80. The van der Waals surface area contributed by atoms with Crippen molar-refractivity contribution in [1.29, 1.82) is 0 Å². The van der Waals surface area contributed by atoms with E-state index in [2.05, 4.69) is 10.3 Å². The fourth-order valence-electron chi connectivity index (χ4n) is 1.26. The number of hydroxylamine groups is 1. The maximum atomic E-state index is 10.7. The van der Waals surface area contributed by atoms with Crippen molar-refractivity contribution in [1.82, 2.24) is 5.48 Å². The molecule has 0 aliphatic carbocycles. The van der Waals surface area contributed by atoms with Gasteiger partial charge in [0.2, 0.25) is 0 Å². The minimum absolute atomic E-state index is 0.300. The summed E-state index contributed by atoms with van der Waals surface area (Å²) in [5.74, 6) is 0.747. The molecular weight excluding hydrogens is 254 g/mol. The molecule has 1 N–H and O–H groups in total. The van der Waals surface area contributed by atoms with E-state index in [1.165, 1.54) is 6.92 Å². The lowest BCUT2D eigenvalue weighted by Crippen LogP contribution is -2.24. The van der Waals surface area contributed by atoms with Crippen LogP contribution < -0.4 is 15.0 Å². The van der Waals surface area contributed by atoms with Crippen LogP contribution in [0.2, 0.25) is 0 Å². The molecule has 5 nitrogen and oxygen atoms in total. The molecule has 0 amide bonds. The predicted octanol–water partition coefficient (Wildman–Crippen LogP) is 1.84. The highest BCUT2D eigenvalue weighted by atomic mass is 32.1. The Labute approximate surface area is 111 Å². The summed E-state index contributed by atoms with van der Waals surface area (Å²) in [6, 6.07) is 5.21. The third kappa shape index (κ3) is 3.89. The van der Waals surface area contributed by atoms with Gasteiger partial charge < -0.3 is 14.3 Å². The van der Waals surface area contributed by atoms with Crippen molar-refractivity contribution in [2.45, 2.75) is 13.8 Å². The fraction of sp³-hybridized carbons (Fsp3) is 0.333. The van der Waals surface area contributed by atoms with Gasteiger partial charge in [0.05, 0.1) is 13.7 Å². The van der Waals surface area contributed by atoms with E-state index in [-0.39, 0.29) is 0 Å². The molecule has 0 aliphatic rings. The van der Waals surface area contributed by atoms with Gasteiger partial charge in [-0.2, -0.15) is 0 Å². The van der Waals surface area contributed by atoms with E-state index in [1.54, 1.807) is 25.3 Å². The van der Waals surface area contributed by atoms with Gasteiger partial charge in [-0.05, 0) is 25.1 Å². The monoisotopic (exact) mass is 269 g/mol. The Balaban J connectivity index is 2.86. The quantitative estimate of drug-likeness (QED) is 0.665. The zero-order chi connectivity index (χ0) is 13.5. The van der Waals surface area contributed by atoms with Crippen molar-refractivity contribution in [2.75, 3.05) is 13.7 Å². The van der Waals surface area contributed by atoms with E-state index >= 15 is 0 Å². The number of carbonyl (C=O) groups excluding carboxylic acids is 1. The van der Waals surface area contributed by atoms with Gasteiger partial charge in [0.25, 0.3) is 0 Å². The molecule has 0 saturated heterocycles. The maximum absolute atomic E-state index is 10.7. The lowest BCUT2D eigenvalue weighted by molar-refractivity contribution is -0.144. The molecule has 98 valence electrons. The van der Waals surface area contributed by atoms with E-state index in [0.717, 1.165) is 0 Å². The van der Waals surface area contributed by atoms with Gasteiger partial charge in [0.1, 0.15) is 4.99 Å². The van der Waals surface area contributed by atoms with Crippen LogP contribution in [0.3, 0.4) is 0 Å². The highest BCUT2D eigenvalue weighted by Gasteiger charge is 2.09. The van der Waals surface area contributed by atoms with Gasteiger partial charge in [0.15, 0.2) is 11.5 Å². The Morgan fingerprint density at radius 1 is 1.39 bits per heavy atom. The van der Waals surface area contributed by atoms with Gasteiger partial charge in [-0.1, -0.05) is 12.2 Å². The predicted molar refractivity (Wildman–Crippen MR) is 70.8 cm³/mol. The molecule has 0 aliphatic heterocycles. The highest BCUT2D eigenvalue weighted by molar-refractivity contribution is 7.80. The Kier molecular flexibility index (Phi) is 5.38. The molecule has 0 unspecified atom stereocenters. The summed E-state index contributed by atoms with van der Waals surface area (Å²) in [5.41, 5.74) is 3.07. The number of methoxy groups -OCH3 is 1. The second-order valence-corrected chi connectivity index (χ2v) is 3.73. The summed E-state index contributed by atoms with van der Waals surface area (Å²) in [4.78, 5) is 15.6. The van der Waals surface area contributed by atoms with Crippen LogP contribution >= 0.6 is 12.2 Å². The van der Waals surface area contributed by atoms with Crippen LogP contribution in [0.25, 0.3) is 0 Å². The molecule has 0 atom stereocenters. The molecule has 6 heteroatoms. The van der Waals surface area contributed by atoms with Crippen LogP contribution in [-0.4, -0.2) is 24.7 Å². The molecule has 0 saturated carbocycles. The summed E-state index contributed by atoms with van der Waals surface area (Å²) >= 11 is 5.08. The number of carbonyl (C=O) groups is 1. The Morgan fingerprint density at radius 3 is 2.67 bits per heavy atom. The molecule has 1 aromatic rings. The summed E-state index contributed by atoms with van der Waals surface area (Å²) in [6.45, 7) is 3.68. The molecule has 0 fully saturated rings. The van der Waals surface area contributed by atoms with E-state index in [9.17, 15) is 4.79 Å². The van der Waals surface area contributed by atoms with Crippen molar-refractivity contribution in [3.8, 4) is 11.5 Å². The van der Waals surface area contributed by atoms with Crippen LogP contribution in [0.5, 0.6) is 11.5 Å². The van der Waals surface area contributed by atoms with Crippen LogP contribution in [-0.2, 0) is 9.63 Å². The summed E-state index contributed by atoms with van der Waals surface area (Å²) in [7, 11) is 1.56. The maximum Gasteiger partial charge on any atom is 0.329 e. The SMILES string of the molecule is CCOc1cc(C(=S)NOC(C)=O)ccc1OC. The van der Waals surface area contributed by atoms with Crippen molar-refractivity contribution in [3.63, 3.8) is 0 Å². The van der Waals surface area contributed by atoms with Gasteiger partial charge in [0, 0.05) is 12.5 Å². The first-order valence-corrected chi connectivity index (χ1v) is 5.78. The first-order valence-electron chi connectivity index (χ1n) is 5.37. The van der Waals surface area contributed by atoms with E-state index in [1.807, 2.05) is 6.92 Å². The van der Waals surface area contributed by atoms with Crippen molar-refractivity contribution in [3.05, 3.63) is 23.8 Å². The first kappa shape index (κ1) is 14.2. The van der Waals surface area contributed by atoms with Crippen molar-refractivity contribution >= 4 is 23.2 Å². The van der Waals surface area contributed by atoms with Gasteiger partial charge in [-0.25, -0.2) is 5.48 Å². The summed E-state index contributed by atoms with van der Waals surface area (Å²) in [6.07, 6.45) is 0. The van der Waals surface area contributed by atoms with Crippen LogP contribution in [0.4, 0.5) is 0 Å². The molecule has 0 bridgehead atoms. The normalized spacial score (nSPS) is 9.50. The number of hydrogen-bond acceptors (Lipinski definition) is 5. The Hall–Kier alpha value is -1.82. The van der Waals surface area contributed by atoms with Crippen LogP contribution in [0, 0.1) is 0 Å². The molecule has 0 aromatic heterocycles. The lowest BCUT2D eigenvalue weighted by atomic mass is 10.2. The third-order valence-electron chi connectivity index (χ3n) is 2.01. The van der Waals surface area contributed by atoms with Gasteiger partial charge >= 0.3 is 5.97 Å². The number of benzene rings is 1. The lowest BCUT2D eigenvalue weighted by Gasteiger charge is -2.12. The highest BCUT2D eigenvalue weighted by Crippen LogP contribution is 2.28. The van der Waals surface area contributed by atoms with Crippen molar-refractivity contribution < 1.29 is 19.1 Å². The van der Waals surface area contributed by atoms with E-state index < -0.39 is 5.97 Å². The van der Waals surface area contributed by atoms with Gasteiger partial charge in [-0.15, -0.1) is 0 Å². The zero-order valence-electron chi connectivity index (χ0n) is 10.5. The molecule has 0 heterocycles. The molecule has 18 heavy (non-hydrogen) atoms. The number of nitrogens with one attached hydrogen (secondary N) is 1. The number of thiocarbonyl (C=S) groups is 1. The Bertz CT molecular complexity index is 448. The molecule has 1 rings (SSSR count). The number of hydrogen-bond donors (Lipinski definition) is 1. The number of rotatable bonds is 4. The van der Waals surface area contributed by atoms with Crippen LogP contribution in [0.15, 0.2) is 18.2 Å². The summed E-state index contributed by atoms with van der Waals surface area (Å²) in [5, 5.41) is 0. The Morgan fingerprint density at radius 2 is 2.11 bits per heavy atom. The zero-order valence-corrected chi connectivity index (χ0v) is 11.3. The molecule has 1 aromatic carbocycles. The standard InChI is InChI=1S/C12H15NO4S/c1-4-16-11-7-9(5-6-10(11)15-3)12(18)13-17-8(2)14/h5-7H,4H2,1-3H3,(H,13,18).